The number of phenolic OH excluding ortho intramolecular Hbond substituents is 1. The summed E-state index contributed by atoms with van der Waals surface area (Å²) >= 11 is 0. The third-order valence-electron chi connectivity index (χ3n) is 7.48. The largest absolute Gasteiger partial charge is 0.508 e. The van der Waals surface area contributed by atoms with Gasteiger partial charge in [0.2, 0.25) is 0 Å². The Balaban J connectivity index is 1.54. The van der Waals surface area contributed by atoms with Gasteiger partial charge < -0.3 is 15.0 Å². The van der Waals surface area contributed by atoms with Gasteiger partial charge in [0.05, 0.1) is 0 Å². The van der Waals surface area contributed by atoms with Crippen molar-refractivity contribution >= 4 is 10.9 Å². The lowest BCUT2D eigenvalue weighted by atomic mass is 9.58. The van der Waals surface area contributed by atoms with Crippen LogP contribution >= 0.6 is 0 Å². The minimum atomic E-state index is 0.119. The van der Waals surface area contributed by atoms with Crippen molar-refractivity contribution in [2.45, 2.75) is 50.9 Å². The zero-order valence-electron chi connectivity index (χ0n) is 17.5. The Morgan fingerprint density at radius 1 is 1.14 bits per heavy atom. The molecular weight excluding hydrogens is 356 g/mol. The van der Waals surface area contributed by atoms with Crippen molar-refractivity contribution in [3.63, 3.8) is 0 Å². The average molecular weight is 389 g/mol. The number of rotatable bonds is 5. The fraction of sp³-hybridized carbons (Fsp3) is 0.462. The van der Waals surface area contributed by atoms with Crippen molar-refractivity contribution in [3.8, 4) is 5.75 Å². The number of aromatic nitrogens is 1. The molecule has 0 saturated carbocycles. The minimum absolute atomic E-state index is 0.119. The first-order valence-electron chi connectivity index (χ1n) is 11.3. The molecule has 0 amide bonds. The van der Waals surface area contributed by atoms with E-state index in [-0.39, 0.29) is 5.41 Å². The second kappa shape index (κ2) is 7.53. The fourth-order valence-electron chi connectivity index (χ4n) is 5.92. The summed E-state index contributed by atoms with van der Waals surface area (Å²) in [5, 5.41) is 11.6. The molecule has 0 spiro atoms. The number of hydrogen-bond acceptors (Lipinski definition) is 2. The summed E-state index contributed by atoms with van der Waals surface area (Å²) < 4.78 is 0. The standard InChI is InChI=1S/C26H32N2O/c1-2-3-6-13-28-14-12-26(19-8-7-9-21(29)15-19)17-25-23(16-20(26)18-28)22-10-4-5-11-24(22)27-25/h4-5,7-11,15,20,27,29H,2-3,6,12-14,16-18H2,1H3. The van der Waals surface area contributed by atoms with Crippen LogP contribution in [0.4, 0.5) is 0 Å². The van der Waals surface area contributed by atoms with E-state index in [9.17, 15) is 5.11 Å². The Bertz CT molecular complexity index is 1010. The highest BCUT2D eigenvalue weighted by Crippen LogP contribution is 2.49. The number of unbranched alkanes of at least 4 members (excludes halogenated alkanes) is 2. The molecule has 29 heavy (non-hydrogen) atoms. The SMILES string of the molecule is CCCCCN1CCC2(c3cccc(O)c3)Cc3[nH]c4ccccc4c3CC2C1. The summed E-state index contributed by atoms with van der Waals surface area (Å²) in [6.45, 7) is 5.83. The summed E-state index contributed by atoms with van der Waals surface area (Å²) in [4.78, 5) is 6.43. The number of aromatic amines is 1. The lowest BCUT2D eigenvalue weighted by Crippen LogP contribution is -2.53. The summed E-state index contributed by atoms with van der Waals surface area (Å²) in [5.74, 6) is 0.981. The molecule has 3 aromatic rings. The number of phenols is 1. The van der Waals surface area contributed by atoms with E-state index in [0.717, 1.165) is 25.9 Å². The molecule has 3 heteroatoms. The predicted octanol–water partition coefficient (Wildman–Crippen LogP) is 5.42. The van der Waals surface area contributed by atoms with Crippen molar-refractivity contribution in [2.24, 2.45) is 5.92 Å². The van der Waals surface area contributed by atoms with Crippen LogP contribution in [0.25, 0.3) is 10.9 Å². The number of nitrogens with one attached hydrogen (secondary N) is 1. The van der Waals surface area contributed by atoms with Gasteiger partial charge in [0.15, 0.2) is 0 Å². The number of fused-ring (bicyclic) bond motifs is 4. The van der Waals surface area contributed by atoms with Gasteiger partial charge >= 0.3 is 0 Å². The molecule has 1 aromatic heterocycles. The van der Waals surface area contributed by atoms with Gasteiger partial charge in [-0.25, -0.2) is 0 Å². The molecule has 3 nitrogen and oxygen atoms in total. The summed E-state index contributed by atoms with van der Waals surface area (Å²) in [6, 6.07) is 16.8. The van der Waals surface area contributed by atoms with Crippen LogP contribution < -0.4 is 0 Å². The monoisotopic (exact) mass is 388 g/mol. The first-order chi connectivity index (χ1) is 14.2. The number of benzene rings is 2. The molecule has 0 bridgehead atoms. The Kier molecular flexibility index (Phi) is 4.87. The molecule has 5 rings (SSSR count). The van der Waals surface area contributed by atoms with Gasteiger partial charge in [-0.1, -0.05) is 50.1 Å². The number of likely N-dealkylation sites (tertiary alicyclic amines) is 1. The van der Waals surface area contributed by atoms with E-state index in [2.05, 4.69) is 47.1 Å². The Morgan fingerprint density at radius 3 is 2.90 bits per heavy atom. The first-order valence-corrected chi connectivity index (χ1v) is 11.3. The van der Waals surface area contributed by atoms with Gasteiger partial charge in [0.25, 0.3) is 0 Å². The number of nitrogens with zero attached hydrogens (tertiary/aromatic N) is 1. The lowest BCUT2D eigenvalue weighted by molar-refractivity contribution is 0.0802. The minimum Gasteiger partial charge on any atom is -0.508 e. The number of piperidine rings is 1. The Hall–Kier alpha value is -2.26. The zero-order chi connectivity index (χ0) is 19.8. The number of H-pyrrole nitrogens is 1. The van der Waals surface area contributed by atoms with Gasteiger partial charge in [0, 0.05) is 28.6 Å². The third-order valence-corrected chi connectivity index (χ3v) is 7.48. The van der Waals surface area contributed by atoms with Gasteiger partial charge in [-0.2, -0.15) is 0 Å². The van der Waals surface area contributed by atoms with Crippen molar-refractivity contribution in [1.29, 1.82) is 0 Å². The molecule has 1 saturated heterocycles. The maximum absolute atomic E-state index is 10.2. The smallest absolute Gasteiger partial charge is 0.115 e. The van der Waals surface area contributed by atoms with Gasteiger partial charge in [0.1, 0.15) is 5.75 Å². The van der Waals surface area contributed by atoms with Gasteiger partial charge in [-0.05, 0) is 74.0 Å². The highest BCUT2D eigenvalue weighted by Gasteiger charge is 2.47. The van der Waals surface area contributed by atoms with Crippen LogP contribution in [0, 0.1) is 5.92 Å². The van der Waals surface area contributed by atoms with E-state index < -0.39 is 0 Å². The maximum Gasteiger partial charge on any atom is 0.115 e. The maximum atomic E-state index is 10.2. The molecule has 2 N–H and O–H groups in total. The second-order valence-corrected chi connectivity index (χ2v) is 9.17. The summed E-state index contributed by atoms with van der Waals surface area (Å²) in [7, 11) is 0. The highest BCUT2D eigenvalue weighted by atomic mass is 16.3. The highest BCUT2D eigenvalue weighted by molar-refractivity contribution is 5.85. The van der Waals surface area contributed by atoms with Crippen molar-refractivity contribution in [3.05, 3.63) is 65.4 Å². The van der Waals surface area contributed by atoms with Crippen LogP contribution in [0.1, 0.15) is 49.4 Å². The first kappa shape index (κ1) is 18.7. The Morgan fingerprint density at radius 2 is 2.03 bits per heavy atom. The van der Waals surface area contributed by atoms with Crippen LogP contribution in [0.3, 0.4) is 0 Å². The van der Waals surface area contributed by atoms with Crippen LogP contribution in [0.2, 0.25) is 0 Å². The van der Waals surface area contributed by atoms with E-state index in [1.165, 1.54) is 60.0 Å². The number of hydrogen-bond donors (Lipinski definition) is 2. The van der Waals surface area contributed by atoms with Crippen molar-refractivity contribution < 1.29 is 5.11 Å². The molecule has 1 aliphatic carbocycles. The van der Waals surface area contributed by atoms with Crippen LogP contribution in [-0.4, -0.2) is 34.6 Å². The topological polar surface area (TPSA) is 39.3 Å². The molecule has 2 atom stereocenters. The van der Waals surface area contributed by atoms with Gasteiger partial charge in [-0.3, -0.25) is 0 Å². The predicted molar refractivity (Wildman–Crippen MR) is 120 cm³/mol. The molecule has 1 aliphatic heterocycles. The fourth-order valence-corrected chi connectivity index (χ4v) is 5.92. The van der Waals surface area contributed by atoms with Crippen LogP contribution in [0.15, 0.2) is 48.5 Å². The average Bonchev–Trinajstić information content (AvgIpc) is 3.09. The van der Waals surface area contributed by atoms with E-state index in [4.69, 9.17) is 0 Å². The molecule has 2 heterocycles. The van der Waals surface area contributed by atoms with Crippen LogP contribution in [0.5, 0.6) is 5.75 Å². The normalized spacial score (nSPS) is 24.4. The van der Waals surface area contributed by atoms with E-state index in [1.54, 1.807) is 6.07 Å². The second-order valence-electron chi connectivity index (χ2n) is 9.17. The van der Waals surface area contributed by atoms with E-state index in [0.29, 0.717) is 11.7 Å². The molecule has 152 valence electrons. The van der Waals surface area contributed by atoms with E-state index >= 15 is 0 Å². The summed E-state index contributed by atoms with van der Waals surface area (Å²) in [6.07, 6.45) is 7.25. The van der Waals surface area contributed by atoms with Gasteiger partial charge in [-0.15, -0.1) is 0 Å². The molecular formula is C26H32N2O. The van der Waals surface area contributed by atoms with Crippen LogP contribution in [-0.2, 0) is 18.3 Å². The van der Waals surface area contributed by atoms with Crippen molar-refractivity contribution in [2.75, 3.05) is 19.6 Å². The number of aromatic hydroxyl groups is 1. The lowest BCUT2D eigenvalue weighted by Gasteiger charge is -2.51. The quantitative estimate of drug-likeness (QED) is 0.573. The Labute approximate surface area is 173 Å². The third kappa shape index (κ3) is 3.26. The number of para-hydroxylation sites is 1. The molecule has 1 fully saturated rings. The van der Waals surface area contributed by atoms with E-state index in [1.807, 2.05) is 12.1 Å². The van der Waals surface area contributed by atoms with Crippen molar-refractivity contribution in [1.82, 2.24) is 9.88 Å². The molecule has 2 unspecified atom stereocenters. The molecule has 2 aromatic carbocycles. The molecule has 2 aliphatic rings. The molecule has 0 radical (unpaired) electrons. The zero-order valence-corrected chi connectivity index (χ0v) is 17.5. The summed E-state index contributed by atoms with van der Waals surface area (Å²) in [5.41, 5.74) is 5.64.